The summed E-state index contributed by atoms with van der Waals surface area (Å²) in [5.74, 6) is 0.212. The van der Waals surface area contributed by atoms with Crippen molar-refractivity contribution in [2.75, 3.05) is 13.2 Å². The van der Waals surface area contributed by atoms with E-state index in [1.807, 2.05) is 0 Å². The van der Waals surface area contributed by atoms with E-state index in [9.17, 15) is 4.39 Å². The number of rotatable bonds is 5. The first-order valence-electron chi connectivity index (χ1n) is 5.22. The van der Waals surface area contributed by atoms with Crippen LogP contribution in [0.1, 0.15) is 12.5 Å². The number of hydrogen-bond donors (Lipinski definition) is 2. The minimum Gasteiger partial charge on any atom is -0.396 e. The summed E-state index contributed by atoms with van der Waals surface area (Å²) in [6.07, 6.45) is 0.822. The molecule has 1 aromatic rings. The van der Waals surface area contributed by atoms with Gasteiger partial charge in [-0.15, -0.1) is 0 Å². The van der Waals surface area contributed by atoms with Crippen LogP contribution in [-0.4, -0.2) is 18.3 Å². The van der Waals surface area contributed by atoms with Gasteiger partial charge in [0.05, 0.1) is 0 Å². The number of nitrogens with two attached hydrogens (primary N) is 1. The second-order valence-corrected chi connectivity index (χ2v) is 3.99. The zero-order chi connectivity index (χ0) is 11.3. The van der Waals surface area contributed by atoms with Crippen LogP contribution in [0.5, 0.6) is 0 Å². The van der Waals surface area contributed by atoms with E-state index in [1.54, 1.807) is 12.1 Å². The average Bonchev–Trinajstić information content (AvgIpc) is 2.23. The SMILES string of the molecule is CC(Cc1ccc(F)cc1)C(CN)CO. The molecule has 0 aliphatic heterocycles. The second kappa shape index (κ2) is 5.83. The minimum absolute atomic E-state index is 0.110. The molecule has 0 aliphatic carbocycles. The molecule has 15 heavy (non-hydrogen) atoms. The summed E-state index contributed by atoms with van der Waals surface area (Å²) in [5.41, 5.74) is 6.62. The fraction of sp³-hybridized carbons (Fsp3) is 0.500. The van der Waals surface area contributed by atoms with Crippen LogP contribution in [0.3, 0.4) is 0 Å². The molecule has 2 nitrogen and oxygen atoms in total. The third kappa shape index (κ3) is 3.61. The van der Waals surface area contributed by atoms with E-state index in [2.05, 4.69) is 6.92 Å². The Bertz CT molecular complexity index is 282. The van der Waals surface area contributed by atoms with Gasteiger partial charge < -0.3 is 10.8 Å². The van der Waals surface area contributed by atoms with Crippen LogP contribution in [0, 0.1) is 17.7 Å². The molecule has 2 unspecified atom stereocenters. The minimum atomic E-state index is -0.219. The van der Waals surface area contributed by atoms with Crippen molar-refractivity contribution in [1.29, 1.82) is 0 Å². The molecule has 2 atom stereocenters. The Morgan fingerprint density at radius 2 is 1.93 bits per heavy atom. The lowest BCUT2D eigenvalue weighted by molar-refractivity contribution is 0.187. The van der Waals surface area contributed by atoms with Crippen molar-refractivity contribution in [3.8, 4) is 0 Å². The molecule has 1 aromatic carbocycles. The summed E-state index contributed by atoms with van der Waals surface area (Å²) in [6.45, 7) is 2.65. The molecule has 0 fully saturated rings. The van der Waals surface area contributed by atoms with E-state index in [1.165, 1.54) is 12.1 Å². The molecule has 0 saturated heterocycles. The molecule has 0 saturated carbocycles. The summed E-state index contributed by atoms with van der Waals surface area (Å²) in [4.78, 5) is 0. The van der Waals surface area contributed by atoms with Gasteiger partial charge in [0.2, 0.25) is 0 Å². The molecule has 3 heteroatoms. The Labute approximate surface area is 89.9 Å². The van der Waals surface area contributed by atoms with Crippen LogP contribution in [0.4, 0.5) is 4.39 Å². The third-order valence-corrected chi connectivity index (χ3v) is 2.81. The maximum atomic E-state index is 12.7. The van der Waals surface area contributed by atoms with Gasteiger partial charge in [0, 0.05) is 6.61 Å². The smallest absolute Gasteiger partial charge is 0.123 e. The van der Waals surface area contributed by atoms with Crippen molar-refractivity contribution >= 4 is 0 Å². The first-order valence-corrected chi connectivity index (χ1v) is 5.22. The van der Waals surface area contributed by atoms with Gasteiger partial charge >= 0.3 is 0 Å². The Balaban J connectivity index is 2.57. The Kier molecular flexibility index (Phi) is 4.72. The number of hydrogen-bond acceptors (Lipinski definition) is 2. The molecule has 0 spiro atoms. The van der Waals surface area contributed by atoms with Crippen molar-refractivity contribution in [3.63, 3.8) is 0 Å². The molecule has 0 radical (unpaired) electrons. The van der Waals surface area contributed by atoms with Gasteiger partial charge in [-0.05, 0) is 42.5 Å². The van der Waals surface area contributed by atoms with Crippen molar-refractivity contribution in [2.24, 2.45) is 17.6 Å². The van der Waals surface area contributed by atoms with E-state index in [0.717, 1.165) is 12.0 Å². The fourth-order valence-electron chi connectivity index (χ4n) is 1.65. The van der Waals surface area contributed by atoms with Gasteiger partial charge in [0.1, 0.15) is 5.82 Å². The van der Waals surface area contributed by atoms with Crippen molar-refractivity contribution in [2.45, 2.75) is 13.3 Å². The highest BCUT2D eigenvalue weighted by molar-refractivity contribution is 5.16. The fourth-order valence-corrected chi connectivity index (χ4v) is 1.65. The third-order valence-electron chi connectivity index (χ3n) is 2.81. The molecule has 0 aliphatic rings. The largest absolute Gasteiger partial charge is 0.396 e. The van der Waals surface area contributed by atoms with Crippen LogP contribution >= 0.6 is 0 Å². The highest BCUT2D eigenvalue weighted by atomic mass is 19.1. The number of aliphatic hydroxyl groups excluding tert-OH is 1. The summed E-state index contributed by atoms with van der Waals surface area (Å²) in [7, 11) is 0. The average molecular weight is 211 g/mol. The van der Waals surface area contributed by atoms with Crippen LogP contribution in [-0.2, 0) is 6.42 Å². The van der Waals surface area contributed by atoms with E-state index >= 15 is 0 Å². The predicted octanol–water partition coefficient (Wildman–Crippen LogP) is 1.57. The van der Waals surface area contributed by atoms with Crippen molar-refractivity contribution in [1.82, 2.24) is 0 Å². The zero-order valence-electron chi connectivity index (χ0n) is 8.99. The maximum absolute atomic E-state index is 12.7. The molecule has 0 bridgehead atoms. The van der Waals surface area contributed by atoms with E-state index in [-0.39, 0.29) is 18.3 Å². The van der Waals surface area contributed by atoms with E-state index in [0.29, 0.717) is 12.5 Å². The molecule has 1 rings (SSSR count). The van der Waals surface area contributed by atoms with Crippen molar-refractivity contribution < 1.29 is 9.50 Å². The quantitative estimate of drug-likeness (QED) is 0.776. The first kappa shape index (κ1) is 12.1. The van der Waals surface area contributed by atoms with E-state index in [4.69, 9.17) is 10.8 Å². The van der Waals surface area contributed by atoms with Gasteiger partial charge in [-0.3, -0.25) is 0 Å². The first-order chi connectivity index (χ1) is 7.17. The lowest BCUT2D eigenvalue weighted by Crippen LogP contribution is -2.26. The number of aliphatic hydroxyl groups is 1. The predicted molar refractivity (Wildman–Crippen MR) is 58.9 cm³/mol. The molecule has 84 valence electrons. The standard InChI is InChI=1S/C12H18FNO/c1-9(11(7-14)8-15)6-10-2-4-12(13)5-3-10/h2-5,9,11,15H,6-8,14H2,1H3. The molecule has 0 amide bonds. The molecule has 3 N–H and O–H groups in total. The highest BCUT2D eigenvalue weighted by Crippen LogP contribution is 2.16. The normalized spacial score (nSPS) is 14.9. The second-order valence-electron chi connectivity index (χ2n) is 3.99. The topological polar surface area (TPSA) is 46.2 Å². The lowest BCUT2D eigenvalue weighted by Gasteiger charge is -2.20. The highest BCUT2D eigenvalue weighted by Gasteiger charge is 2.14. The van der Waals surface area contributed by atoms with E-state index < -0.39 is 0 Å². The van der Waals surface area contributed by atoms with Crippen LogP contribution in [0.25, 0.3) is 0 Å². The number of halogens is 1. The van der Waals surface area contributed by atoms with Gasteiger partial charge in [0.15, 0.2) is 0 Å². The molecule has 0 heterocycles. The van der Waals surface area contributed by atoms with Gasteiger partial charge in [-0.2, -0.15) is 0 Å². The molecular weight excluding hydrogens is 193 g/mol. The number of benzene rings is 1. The lowest BCUT2D eigenvalue weighted by atomic mass is 9.89. The van der Waals surface area contributed by atoms with Gasteiger partial charge in [-0.1, -0.05) is 19.1 Å². The molecular formula is C12H18FNO. The van der Waals surface area contributed by atoms with Crippen LogP contribution in [0.2, 0.25) is 0 Å². The van der Waals surface area contributed by atoms with Gasteiger partial charge in [-0.25, -0.2) is 4.39 Å². The van der Waals surface area contributed by atoms with Crippen LogP contribution < -0.4 is 5.73 Å². The Hall–Kier alpha value is -0.930. The Morgan fingerprint density at radius 1 is 1.33 bits per heavy atom. The summed E-state index contributed by atoms with van der Waals surface area (Å²) in [6, 6.07) is 6.46. The zero-order valence-corrected chi connectivity index (χ0v) is 8.99. The molecule has 0 aromatic heterocycles. The maximum Gasteiger partial charge on any atom is 0.123 e. The Morgan fingerprint density at radius 3 is 2.40 bits per heavy atom. The van der Waals surface area contributed by atoms with Crippen LogP contribution in [0.15, 0.2) is 24.3 Å². The summed E-state index contributed by atoms with van der Waals surface area (Å²) >= 11 is 0. The van der Waals surface area contributed by atoms with Gasteiger partial charge in [0.25, 0.3) is 0 Å². The monoisotopic (exact) mass is 211 g/mol. The summed E-state index contributed by atoms with van der Waals surface area (Å²) in [5, 5.41) is 9.08. The summed E-state index contributed by atoms with van der Waals surface area (Å²) < 4.78 is 12.7. The van der Waals surface area contributed by atoms with Crippen molar-refractivity contribution in [3.05, 3.63) is 35.6 Å².